The number of rotatable bonds is 6. The van der Waals surface area contributed by atoms with E-state index in [2.05, 4.69) is 14.8 Å². The maximum absolute atomic E-state index is 13.5. The molecule has 0 saturated heterocycles. The molecule has 7 nitrogen and oxygen atoms in total. The van der Waals surface area contributed by atoms with E-state index in [4.69, 9.17) is 4.42 Å². The third-order valence-corrected chi connectivity index (χ3v) is 7.75. The van der Waals surface area contributed by atoms with Gasteiger partial charge in [0.15, 0.2) is 27.2 Å². The molecule has 14 heteroatoms. The van der Waals surface area contributed by atoms with E-state index in [0.29, 0.717) is 22.3 Å². The fourth-order valence-electron chi connectivity index (χ4n) is 4.72. The van der Waals surface area contributed by atoms with Crippen LogP contribution in [0.1, 0.15) is 35.9 Å². The quantitative estimate of drug-likeness (QED) is 0.204. The highest BCUT2D eigenvalue weighted by Crippen LogP contribution is 2.40. The van der Waals surface area contributed by atoms with E-state index < -0.39 is 28.1 Å². The van der Waals surface area contributed by atoms with Crippen molar-refractivity contribution in [1.82, 2.24) is 14.8 Å². The summed E-state index contributed by atoms with van der Waals surface area (Å²) in [6.07, 6.45) is -5.86. The Hall–Kier alpha value is -4.33. The van der Waals surface area contributed by atoms with Crippen molar-refractivity contribution in [2.45, 2.75) is 44.1 Å². The van der Waals surface area contributed by atoms with Gasteiger partial charge in [-0.15, -0.1) is 13.2 Å². The van der Waals surface area contributed by atoms with E-state index in [1.54, 1.807) is 31.2 Å². The van der Waals surface area contributed by atoms with Gasteiger partial charge in [-0.1, -0.05) is 24.3 Å². The lowest BCUT2D eigenvalue weighted by molar-refractivity contribution is -0.306. The van der Waals surface area contributed by atoms with Gasteiger partial charge in [0.1, 0.15) is 11.5 Å². The van der Waals surface area contributed by atoms with Gasteiger partial charge in [0.05, 0.1) is 10.6 Å². The van der Waals surface area contributed by atoms with Crippen molar-refractivity contribution in [2.75, 3.05) is 6.26 Å². The van der Waals surface area contributed by atoms with Crippen LogP contribution in [0.15, 0.2) is 75.8 Å². The number of halogens is 6. The number of aryl methyl sites for hydroxylation is 2. The first-order valence-electron chi connectivity index (χ1n) is 12.7. The van der Waals surface area contributed by atoms with Crippen molar-refractivity contribution >= 4 is 15.4 Å². The zero-order valence-corrected chi connectivity index (χ0v) is 23.7. The maximum atomic E-state index is 13.5. The normalized spacial score (nSPS) is 14.4. The fourth-order valence-corrected chi connectivity index (χ4v) is 5.39. The first-order chi connectivity index (χ1) is 20.0. The average Bonchev–Trinajstić information content (AvgIpc) is 3.50. The van der Waals surface area contributed by atoms with Crippen molar-refractivity contribution < 1.29 is 43.9 Å². The van der Waals surface area contributed by atoms with E-state index in [9.17, 15) is 34.8 Å². The van der Waals surface area contributed by atoms with Gasteiger partial charge in [-0.3, -0.25) is 0 Å². The number of hydrogen-bond acceptors (Lipinski definition) is 6. The number of hydrogen-bond donors (Lipinski definition) is 0. The summed E-state index contributed by atoms with van der Waals surface area (Å²) in [4.78, 5) is 4.57. The number of allylic oxidation sites excluding steroid dienone is 4. The molecular formula is C29H23F6N3O4S. The standard InChI is InChI=1S/C29H23F6N3O4S/c1-16-13-25(28(30,31)32)37-38(16)24-12-9-20(19-5-4-6-22(14-19)43(3,39)40)15-23(24)26-27(41-17(2)36-26)18-7-10-21(11-8-18)42-29(33,34)35/h4-7,9-10,12-15H,8,11H2,1-3H3. The zero-order valence-electron chi connectivity index (χ0n) is 22.8. The summed E-state index contributed by atoms with van der Waals surface area (Å²) >= 11 is 0. The summed E-state index contributed by atoms with van der Waals surface area (Å²) in [5.41, 5.74) is 1.35. The monoisotopic (exact) mass is 623 g/mol. The second-order valence-electron chi connectivity index (χ2n) is 9.90. The van der Waals surface area contributed by atoms with E-state index in [0.717, 1.165) is 17.0 Å². The number of ether oxygens (including phenoxy) is 1. The minimum absolute atomic E-state index is 0.0716. The lowest BCUT2D eigenvalue weighted by atomic mass is 9.95. The Morgan fingerprint density at radius 3 is 2.26 bits per heavy atom. The van der Waals surface area contributed by atoms with Crippen LogP contribution in [0.5, 0.6) is 0 Å². The Morgan fingerprint density at radius 1 is 0.930 bits per heavy atom. The predicted octanol–water partition coefficient (Wildman–Crippen LogP) is 7.83. The lowest BCUT2D eigenvalue weighted by Crippen LogP contribution is -2.13. The highest BCUT2D eigenvalue weighted by Gasteiger charge is 2.35. The van der Waals surface area contributed by atoms with Crippen LogP contribution >= 0.6 is 0 Å². The number of alkyl halides is 6. The van der Waals surface area contributed by atoms with Crippen LogP contribution in [-0.4, -0.2) is 35.8 Å². The second-order valence-corrected chi connectivity index (χ2v) is 11.9. The molecule has 0 saturated carbocycles. The van der Waals surface area contributed by atoms with Crippen LogP contribution in [0, 0.1) is 13.8 Å². The molecule has 0 unspecified atom stereocenters. The van der Waals surface area contributed by atoms with E-state index in [-0.39, 0.29) is 52.2 Å². The van der Waals surface area contributed by atoms with Gasteiger partial charge < -0.3 is 9.15 Å². The minimum Gasteiger partial charge on any atom is -0.441 e. The first kappa shape index (κ1) is 30.1. The maximum Gasteiger partial charge on any atom is 0.572 e. The summed E-state index contributed by atoms with van der Waals surface area (Å²) in [6, 6.07) is 11.8. The molecule has 1 aliphatic rings. The molecule has 0 spiro atoms. The molecule has 2 heterocycles. The van der Waals surface area contributed by atoms with Crippen molar-refractivity contribution in [2.24, 2.45) is 0 Å². The molecular weight excluding hydrogens is 600 g/mol. The molecule has 0 amide bonds. The number of oxazole rings is 1. The number of sulfone groups is 1. The van der Waals surface area contributed by atoms with Crippen molar-refractivity contribution in [3.8, 4) is 28.1 Å². The molecule has 43 heavy (non-hydrogen) atoms. The minimum atomic E-state index is -4.84. The Labute approximate surface area is 242 Å². The van der Waals surface area contributed by atoms with Gasteiger partial charge in [-0.05, 0) is 66.5 Å². The molecule has 2 aromatic carbocycles. The summed E-state index contributed by atoms with van der Waals surface area (Å²) in [6.45, 7) is 3.02. The molecule has 0 aliphatic heterocycles. The van der Waals surface area contributed by atoms with Gasteiger partial charge in [0, 0.05) is 30.9 Å². The van der Waals surface area contributed by atoms with Crippen LogP contribution in [0.25, 0.3) is 33.6 Å². The highest BCUT2D eigenvalue weighted by atomic mass is 32.2. The Kier molecular flexibility index (Phi) is 7.53. The van der Waals surface area contributed by atoms with Gasteiger partial charge in [-0.2, -0.15) is 18.3 Å². The zero-order chi connectivity index (χ0) is 31.3. The summed E-state index contributed by atoms with van der Waals surface area (Å²) in [5.74, 6) is 0.133. The largest absolute Gasteiger partial charge is 0.572 e. The summed E-state index contributed by atoms with van der Waals surface area (Å²) in [7, 11) is -3.54. The van der Waals surface area contributed by atoms with Gasteiger partial charge >= 0.3 is 12.5 Å². The van der Waals surface area contributed by atoms with Crippen LogP contribution in [0.2, 0.25) is 0 Å². The lowest BCUT2D eigenvalue weighted by Gasteiger charge is -2.17. The van der Waals surface area contributed by atoms with E-state index in [1.165, 1.54) is 37.3 Å². The number of benzene rings is 2. The van der Waals surface area contributed by atoms with Gasteiger partial charge in [0.2, 0.25) is 0 Å². The molecule has 2 aromatic heterocycles. The molecule has 226 valence electrons. The topological polar surface area (TPSA) is 87.2 Å². The number of aromatic nitrogens is 3. The summed E-state index contributed by atoms with van der Waals surface area (Å²) < 4.78 is 114. The Morgan fingerprint density at radius 2 is 1.65 bits per heavy atom. The highest BCUT2D eigenvalue weighted by molar-refractivity contribution is 7.90. The smallest absolute Gasteiger partial charge is 0.441 e. The summed E-state index contributed by atoms with van der Waals surface area (Å²) in [5, 5.41) is 3.79. The van der Waals surface area contributed by atoms with Crippen LogP contribution in [0.3, 0.4) is 0 Å². The SMILES string of the molecule is Cc1nc(-c2cc(-c3cccc(S(C)(=O)=O)c3)ccc2-n2nc(C(F)(F)F)cc2C)c(C2=CC=C(OC(F)(F)F)CC2)o1. The molecule has 1 aliphatic carbocycles. The first-order valence-corrected chi connectivity index (χ1v) is 14.6. The molecule has 0 bridgehead atoms. The third kappa shape index (κ3) is 6.53. The van der Waals surface area contributed by atoms with E-state index >= 15 is 0 Å². The Balaban J connectivity index is 1.70. The van der Waals surface area contributed by atoms with Gasteiger partial charge in [0.25, 0.3) is 0 Å². The second kappa shape index (κ2) is 10.7. The third-order valence-electron chi connectivity index (χ3n) is 6.64. The fraction of sp³-hybridized carbons (Fsp3) is 0.241. The molecule has 0 atom stereocenters. The Bertz CT molecular complexity index is 1880. The van der Waals surface area contributed by atoms with Crippen LogP contribution in [0.4, 0.5) is 26.3 Å². The number of nitrogens with zero attached hydrogens (tertiary/aromatic N) is 3. The van der Waals surface area contributed by atoms with Crippen molar-refractivity contribution in [1.29, 1.82) is 0 Å². The van der Waals surface area contributed by atoms with Crippen molar-refractivity contribution in [3.05, 3.63) is 89.5 Å². The van der Waals surface area contributed by atoms with Gasteiger partial charge in [-0.25, -0.2) is 18.1 Å². The molecule has 4 aromatic rings. The molecule has 5 rings (SSSR count). The molecule has 0 N–H and O–H groups in total. The molecule has 0 radical (unpaired) electrons. The predicted molar refractivity (Wildman–Crippen MR) is 145 cm³/mol. The van der Waals surface area contributed by atoms with Crippen LogP contribution < -0.4 is 0 Å². The van der Waals surface area contributed by atoms with Crippen LogP contribution in [-0.2, 0) is 20.8 Å². The van der Waals surface area contributed by atoms with Crippen molar-refractivity contribution in [3.63, 3.8) is 0 Å². The molecule has 0 fully saturated rings. The van der Waals surface area contributed by atoms with E-state index in [1.807, 2.05) is 0 Å². The average molecular weight is 624 g/mol.